The van der Waals surface area contributed by atoms with Gasteiger partial charge in [-0.1, -0.05) is 18.2 Å². The van der Waals surface area contributed by atoms with Gasteiger partial charge in [0.05, 0.1) is 5.52 Å². The van der Waals surface area contributed by atoms with Crippen LogP contribution in [-0.4, -0.2) is 22.0 Å². The van der Waals surface area contributed by atoms with E-state index in [0.717, 1.165) is 28.3 Å². The summed E-state index contributed by atoms with van der Waals surface area (Å²) in [6.45, 7) is 8.30. The van der Waals surface area contributed by atoms with E-state index in [9.17, 15) is 4.79 Å². The molecule has 2 heterocycles. The molecule has 3 aromatic carbocycles. The number of hydrogen-bond acceptors (Lipinski definition) is 7. The van der Waals surface area contributed by atoms with Gasteiger partial charge in [-0.3, -0.25) is 4.98 Å². The van der Waals surface area contributed by atoms with Gasteiger partial charge in [-0.25, -0.2) is 9.78 Å². The molecular weight excluding hydrogens is 452 g/mol. The average Bonchev–Trinajstić information content (AvgIpc) is 3.22. The Kier molecular flexibility index (Phi) is 5.93. The van der Waals surface area contributed by atoms with Gasteiger partial charge in [-0.2, -0.15) is 4.98 Å². The molecular formula is C28H28N6O2. The zero-order valence-electron chi connectivity index (χ0n) is 20.9. The summed E-state index contributed by atoms with van der Waals surface area (Å²) in [4.78, 5) is 25.5. The summed E-state index contributed by atoms with van der Waals surface area (Å²) in [7, 11) is 2.09. The summed E-state index contributed by atoms with van der Waals surface area (Å²) in [5, 5.41) is 6.68. The van der Waals surface area contributed by atoms with Gasteiger partial charge in [-0.15, -0.1) is 0 Å². The molecule has 0 aliphatic carbocycles. The van der Waals surface area contributed by atoms with E-state index in [1.54, 1.807) is 12.3 Å². The molecule has 0 aliphatic heterocycles. The molecule has 0 aliphatic rings. The van der Waals surface area contributed by atoms with E-state index in [-0.39, 0.29) is 0 Å². The van der Waals surface area contributed by atoms with Gasteiger partial charge in [0.1, 0.15) is 5.82 Å². The van der Waals surface area contributed by atoms with E-state index < -0.39 is 5.76 Å². The van der Waals surface area contributed by atoms with Gasteiger partial charge in [-0.05, 0) is 80.8 Å². The molecule has 3 N–H and O–H groups in total. The maximum atomic E-state index is 11.5. The van der Waals surface area contributed by atoms with Crippen molar-refractivity contribution in [3.63, 3.8) is 0 Å². The molecule has 0 saturated carbocycles. The van der Waals surface area contributed by atoms with Crippen LogP contribution in [0, 0.1) is 27.7 Å². The number of oxazole rings is 1. The highest BCUT2D eigenvalue weighted by molar-refractivity contribution is 5.79. The number of para-hydroxylation sites is 1. The molecule has 36 heavy (non-hydrogen) atoms. The van der Waals surface area contributed by atoms with E-state index in [4.69, 9.17) is 9.40 Å². The maximum absolute atomic E-state index is 11.5. The molecule has 5 aromatic rings. The van der Waals surface area contributed by atoms with E-state index in [1.165, 1.54) is 16.7 Å². The Balaban J connectivity index is 1.43. The fourth-order valence-corrected chi connectivity index (χ4v) is 4.26. The lowest BCUT2D eigenvalue weighted by atomic mass is 10.0. The van der Waals surface area contributed by atoms with Gasteiger partial charge in [0.15, 0.2) is 5.58 Å². The second-order valence-corrected chi connectivity index (χ2v) is 8.98. The Hall–Kier alpha value is -4.59. The number of fused-ring (bicyclic) bond motifs is 1. The van der Waals surface area contributed by atoms with Crippen molar-refractivity contribution in [2.45, 2.75) is 27.7 Å². The molecule has 0 unspecified atom stereocenters. The third-order valence-electron chi connectivity index (χ3n) is 6.39. The van der Waals surface area contributed by atoms with Crippen LogP contribution >= 0.6 is 0 Å². The Morgan fingerprint density at radius 3 is 2.47 bits per heavy atom. The van der Waals surface area contributed by atoms with Gasteiger partial charge in [0, 0.05) is 41.6 Å². The number of aryl methyl sites for hydroxylation is 3. The summed E-state index contributed by atoms with van der Waals surface area (Å²) in [6.07, 6.45) is 1.78. The lowest BCUT2D eigenvalue weighted by molar-refractivity contribution is 0.555. The smallest absolute Gasteiger partial charge is 0.408 e. The predicted molar refractivity (Wildman–Crippen MR) is 145 cm³/mol. The van der Waals surface area contributed by atoms with Crippen molar-refractivity contribution in [2.24, 2.45) is 0 Å². The van der Waals surface area contributed by atoms with Gasteiger partial charge < -0.3 is 20.0 Å². The highest BCUT2D eigenvalue weighted by Gasteiger charge is 2.14. The van der Waals surface area contributed by atoms with Crippen LogP contribution in [0.15, 0.2) is 70.0 Å². The molecule has 0 amide bonds. The van der Waals surface area contributed by atoms with Crippen molar-refractivity contribution in [1.29, 1.82) is 0 Å². The third kappa shape index (κ3) is 4.53. The van der Waals surface area contributed by atoms with Crippen LogP contribution in [0.3, 0.4) is 0 Å². The first kappa shape index (κ1) is 23.2. The molecule has 5 rings (SSSR count). The normalized spacial score (nSPS) is 11.0. The SMILES string of the molecule is Cc1ccccc1N(C)c1cc(Nc2ncc(C)c(Nc3ccc4oc(=O)[nH]c4c3)n2)cc(C)c1C. The number of benzene rings is 3. The fraction of sp³-hybridized carbons (Fsp3) is 0.179. The van der Waals surface area contributed by atoms with Crippen molar-refractivity contribution in [3.8, 4) is 0 Å². The second-order valence-electron chi connectivity index (χ2n) is 8.98. The lowest BCUT2D eigenvalue weighted by Crippen LogP contribution is -2.13. The Bertz CT molecular complexity index is 1640. The zero-order valence-corrected chi connectivity index (χ0v) is 20.9. The van der Waals surface area contributed by atoms with Crippen LogP contribution in [0.25, 0.3) is 11.1 Å². The highest BCUT2D eigenvalue weighted by atomic mass is 16.4. The minimum atomic E-state index is -0.479. The van der Waals surface area contributed by atoms with Crippen LogP contribution < -0.4 is 21.3 Å². The molecule has 0 bridgehead atoms. The van der Waals surface area contributed by atoms with Gasteiger partial charge >= 0.3 is 5.76 Å². The first-order chi connectivity index (χ1) is 17.3. The van der Waals surface area contributed by atoms with Crippen molar-refractivity contribution in [1.82, 2.24) is 15.0 Å². The largest absolute Gasteiger partial charge is 0.417 e. The van der Waals surface area contributed by atoms with Gasteiger partial charge in [0.25, 0.3) is 0 Å². The minimum absolute atomic E-state index is 0.479. The second kappa shape index (κ2) is 9.22. The van der Waals surface area contributed by atoms with Crippen LogP contribution in [0.2, 0.25) is 0 Å². The standard InChI is InChI=1S/C28H28N6O2/c1-16-8-6-7-9-23(16)34(5)24-14-21(12-17(2)19(24)4)31-27-29-15-18(3)26(33-27)30-20-10-11-25-22(13-20)32-28(35)36-25/h6-15H,1-5H3,(H,32,35)(H2,29,30,31,33). The summed E-state index contributed by atoms with van der Waals surface area (Å²) >= 11 is 0. The van der Waals surface area contributed by atoms with Crippen LogP contribution in [0.4, 0.5) is 34.5 Å². The number of anilines is 6. The molecule has 8 nitrogen and oxygen atoms in total. The van der Waals surface area contributed by atoms with Crippen LogP contribution in [-0.2, 0) is 0 Å². The van der Waals surface area contributed by atoms with Crippen molar-refractivity contribution < 1.29 is 4.42 Å². The number of nitrogens with one attached hydrogen (secondary N) is 3. The predicted octanol–water partition coefficient (Wildman–Crippen LogP) is 6.40. The van der Waals surface area contributed by atoms with Crippen molar-refractivity contribution >= 4 is 45.6 Å². The number of aromatic amines is 1. The molecule has 0 radical (unpaired) electrons. The Morgan fingerprint density at radius 2 is 1.67 bits per heavy atom. The molecule has 0 fully saturated rings. The topological polar surface area (TPSA) is 99.1 Å². The van der Waals surface area contributed by atoms with Crippen LogP contribution in [0.5, 0.6) is 0 Å². The van der Waals surface area contributed by atoms with Crippen molar-refractivity contribution in [3.05, 3.63) is 93.6 Å². The number of nitrogens with zero attached hydrogens (tertiary/aromatic N) is 3. The molecule has 0 spiro atoms. The van der Waals surface area contributed by atoms with Gasteiger partial charge in [0.2, 0.25) is 5.95 Å². The van der Waals surface area contributed by atoms with E-state index >= 15 is 0 Å². The summed E-state index contributed by atoms with van der Waals surface area (Å²) in [5.74, 6) is 0.667. The first-order valence-electron chi connectivity index (χ1n) is 11.7. The maximum Gasteiger partial charge on any atom is 0.417 e. The first-order valence-corrected chi connectivity index (χ1v) is 11.7. The number of aromatic nitrogens is 3. The fourth-order valence-electron chi connectivity index (χ4n) is 4.26. The Morgan fingerprint density at radius 1 is 0.861 bits per heavy atom. The Labute approximate surface area is 209 Å². The number of hydrogen-bond donors (Lipinski definition) is 3. The molecule has 0 saturated heterocycles. The number of rotatable bonds is 6. The molecule has 0 atom stereocenters. The third-order valence-corrected chi connectivity index (χ3v) is 6.39. The average molecular weight is 481 g/mol. The van der Waals surface area contributed by atoms with E-state index in [0.29, 0.717) is 22.9 Å². The molecule has 182 valence electrons. The highest BCUT2D eigenvalue weighted by Crippen LogP contribution is 2.34. The molecule has 8 heteroatoms. The van der Waals surface area contributed by atoms with Crippen LogP contribution in [0.1, 0.15) is 22.3 Å². The summed E-state index contributed by atoms with van der Waals surface area (Å²) in [6, 6.07) is 18.0. The zero-order chi connectivity index (χ0) is 25.4. The minimum Gasteiger partial charge on any atom is -0.408 e. The quantitative estimate of drug-likeness (QED) is 0.259. The van der Waals surface area contributed by atoms with E-state index in [1.807, 2.05) is 19.1 Å². The van der Waals surface area contributed by atoms with E-state index in [2.05, 4.69) is 89.7 Å². The lowest BCUT2D eigenvalue weighted by Gasteiger charge is -2.25. The summed E-state index contributed by atoms with van der Waals surface area (Å²) < 4.78 is 5.08. The van der Waals surface area contributed by atoms with Crippen molar-refractivity contribution in [2.75, 3.05) is 22.6 Å². The summed E-state index contributed by atoms with van der Waals surface area (Å²) in [5.41, 5.74) is 9.57. The molecule has 2 aromatic heterocycles. The number of H-pyrrole nitrogens is 1. The monoisotopic (exact) mass is 480 g/mol.